The van der Waals surface area contributed by atoms with E-state index in [-0.39, 0.29) is 16.4 Å². The summed E-state index contributed by atoms with van der Waals surface area (Å²) >= 11 is 5.89. The number of aryl methyl sites for hydroxylation is 1. The molecule has 0 radical (unpaired) electrons. The van der Waals surface area contributed by atoms with Crippen LogP contribution < -0.4 is 14.3 Å². The van der Waals surface area contributed by atoms with Crippen molar-refractivity contribution in [2.45, 2.75) is 18.7 Å². The Morgan fingerprint density at radius 2 is 1.81 bits per heavy atom. The Labute approximate surface area is 191 Å². The van der Waals surface area contributed by atoms with Crippen LogP contribution >= 0.6 is 11.6 Å². The van der Waals surface area contributed by atoms with Gasteiger partial charge in [-0.05, 0) is 67.9 Å². The molecule has 3 aromatic rings. The van der Waals surface area contributed by atoms with Crippen LogP contribution in [0.3, 0.4) is 0 Å². The van der Waals surface area contributed by atoms with Crippen LogP contribution in [0.1, 0.15) is 28.4 Å². The molecule has 0 aliphatic rings. The molecule has 0 saturated heterocycles. The molecule has 0 heterocycles. The number of nitrogens with zero attached hydrogens (tertiary/aromatic N) is 1. The van der Waals surface area contributed by atoms with E-state index >= 15 is 0 Å². The topological polar surface area (TPSA) is 94.1 Å². The fourth-order valence-corrected chi connectivity index (χ4v) is 3.80. The first-order chi connectivity index (χ1) is 15.3. The second-order valence-corrected chi connectivity index (χ2v) is 8.68. The minimum Gasteiger partial charge on any atom is -0.490 e. The van der Waals surface area contributed by atoms with Crippen LogP contribution in [0.4, 0.5) is 0 Å². The lowest BCUT2D eigenvalue weighted by atomic mass is 10.2. The average molecular weight is 473 g/mol. The van der Waals surface area contributed by atoms with Gasteiger partial charge in [-0.3, -0.25) is 4.79 Å². The Morgan fingerprint density at radius 1 is 1.06 bits per heavy atom. The van der Waals surface area contributed by atoms with Gasteiger partial charge in [0.25, 0.3) is 5.91 Å². The van der Waals surface area contributed by atoms with Crippen LogP contribution in [-0.2, 0) is 10.1 Å². The average Bonchev–Trinajstić information content (AvgIpc) is 2.76. The standard InChI is InChI=1S/C23H21ClN2O5S/c1-3-30-22-13-17(15-25-26-23(27)18-5-4-6-19(24)14-18)9-12-21(22)31-32(28,29)20-10-7-16(2)8-11-20/h4-15H,3H2,1-2H3,(H,26,27)/b25-15+. The molecular weight excluding hydrogens is 452 g/mol. The van der Waals surface area contributed by atoms with E-state index in [0.29, 0.717) is 22.8 Å². The Balaban J connectivity index is 1.76. The normalized spacial score (nSPS) is 11.3. The van der Waals surface area contributed by atoms with E-state index in [1.54, 1.807) is 49.4 Å². The van der Waals surface area contributed by atoms with Crippen LogP contribution in [0.2, 0.25) is 5.02 Å². The van der Waals surface area contributed by atoms with Gasteiger partial charge in [-0.25, -0.2) is 5.43 Å². The number of hydrazone groups is 1. The van der Waals surface area contributed by atoms with Crippen molar-refractivity contribution in [2.24, 2.45) is 5.10 Å². The molecule has 32 heavy (non-hydrogen) atoms. The summed E-state index contributed by atoms with van der Waals surface area (Å²) in [7, 11) is -4.03. The highest BCUT2D eigenvalue weighted by atomic mass is 35.5. The van der Waals surface area contributed by atoms with Crippen molar-refractivity contribution in [1.29, 1.82) is 0 Å². The van der Waals surface area contributed by atoms with Gasteiger partial charge in [0.1, 0.15) is 4.90 Å². The van der Waals surface area contributed by atoms with E-state index in [9.17, 15) is 13.2 Å². The zero-order valence-electron chi connectivity index (χ0n) is 17.4. The summed E-state index contributed by atoms with van der Waals surface area (Å²) in [6.45, 7) is 3.93. The van der Waals surface area contributed by atoms with E-state index in [2.05, 4.69) is 10.5 Å². The van der Waals surface area contributed by atoms with Crippen molar-refractivity contribution in [3.05, 3.63) is 88.4 Å². The summed E-state index contributed by atoms with van der Waals surface area (Å²) in [6, 6.07) is 17.5. The van der Waals surface area contributed by atoms with Gasteiger partial charge < -0.3 is 8.92 Å². The number of benzene rings is 3. The lowest BCUT2D eigenvalue weighted by Gasteiger charge is -2.12. The Morgan fingerprint density at radius 3 is 2.50 bits per heavy atom. The second-order valence-electron chi connectivity index (χ2n) is 6.70. The molecule has 9 heteroatoms. The molecule has 3 rings (SSSR count). The van der Waals surface area contributed by atoms with Crippen LogP contribution in [0.5, 0.6) is 11.5 Å². The minimum absolute atomic E-state index is 0.0416. The molecule has 0 aromatic heterocycles. The minimum atomic E-state index is -4.03. The molecule has 166 valence electrons. The van der Waals surface area contributed by atoms with Crippen molar-refractivity contribution in [1.82, 2.24) is 5.43 Å². The summed E-state index contributed by atoms with van der Waals surface area (Å²) in [6.07, 6.45) is 1.41. The molecule has 0 saturated carbocycles. The van der Waals surface area contributed by atoms with Crippen molar-refractivity contribution < 1.29 is 22.1 Å². The van der Waals surface area contributed by atoms with Gasteiger partial charge in [-0.2, -0.15) is 13.5 Å². The fourth-order valence-electron chi connectivity index (χ4n) is 2.67. The second kappa shape index (κ2) is 10.3. The molecule has 0 spiro atoms. The van der Waals surface area contributed by atoms with Crippen LogP contribution in [0, 0.1) is 6.92 Å². The molecular formula is C23H21ClN2O5S. The van der Waals surface area contributed by atoms with Gasteiger partial charge >= 0.3 is 10.1 Å². The summed E-state index contributed by atoms with van der Waals surface area (Å²) in [5.41, 5.74) is 4.28. The zero-order valence-corrected chi connectivity index (χ0v) is 19.0. The summed E-state index contributed by atoms with van der Waals surface area (Å²) in [5.74, 6) is -0.140. The van der Waals surface area contributed by atoms with Crippen molar-refractivity contribution in [3.63, 3.8) is 0 Å². The van der Waals surface area contributed by atoms with E-state index in [4.69, 9.17) is 20.5 Å². The Bertz CT molecular complexity index is 1240. The molecule has 0 aliphatic heterocycles. The van der Waals surface area contributed by atoms with Crippen LogP contribution in [0.15, 0.2) is 76.7 Å². The van der Waals surface area contributed by atoms with E-state index in [1.807, 2.05) is 6.92 Å². The predicted octanol–water partition coefficient (Wildman–Crippen LogP) is 4.58. The monoisotopic (exact) mass is 472 g/mol. The fraction of sp³-hybridized carbons (Fsp3) is 0.130. The largest absolute Gasteiger partial charge is 0.490 e. The van der Waals surface area contributed by atoms with E-state index < -0.39 is 16.0 Å². The molecule has 1 amide bonds. The van der Waals surface area contributed by atoms with Crippen molar-refractivity contribution in [3.8, 4) is 11.5 Å². The quantitative estimate of drug-likeness (QED) is 0.294. The number of nitrogens with one attached hydrogen (secondary N) is 1. The summed E-state index contributed by atoms with van der Waals surface area (Å²) in [5, 5.41) is 4.37. The number of amides is 1. The third-order valence-corrected chi connectivity index (χ3v) is 5.73. The highest BCUT2D eigenvalue weighted by Gasteiger charge is 2.19. The number of halogens is 1. The SMILES string of the molecule is CCOc1cc(/C=N/NC(=O)c2cccc(Cl)c2)ccc1OS(=O)(=O)c1ccc(C)cc1. The summed E-state index contributed by atoms with van der Waals surface area (Å²) < 4.78 is 36.0. The van der Waals surface area contributed by atoms with Gasteiger partial charge in [-0.15, -0.1) is 0 Å². The van der Waals surface area contributed by atoms with Gasteiger partial charge in [0.15, 0.2) is 11.5 Å². The smallest absolute Gasteiger partial charge is 0.339 e. The van der Waals surface area contributed by atoms with E-state index in [1.165, 1.54) is 30.5 Å². The molecule has 0 aliphatic carbocycles. The molecule has 7 nitrogen and oxygen atoms in total. The lowest BCUT2D eigenvalue weighted by molar-refractivity contribution is 0.0955. The molecule has 0 unspecified atom stereocenters. The first-order valence-electron chi connectivity index (χ1n) is 9.65. The van der Waals surface area contributed by atoms with Crippen molar-refractivity contribution >= 4 is 33.8 Å². The maximum atomic E-state index is 12.6. The van der Waals surface area contributed by atoms with Crippen LogP contribution in [-0.4, -0.2) is 27.1 Å². The first-order valence-corrected chi connectivity index (χ1v) is 11.4. The molecule has 0 bridgehead atoms. The molecule has 0 fully saturated rings. The van der Waals surface area contributed by atoms with Gasteiger partial charge in [-0.1, -0.05) is 35.4 Å². The van der Waals surface area contributed by atoms with Crippen LogP contribution in [0.25, 0.3) is 0 Å². The molecule has 3 aromatic carbocycles. The van der Waals surface area contributed by atoms with Crippen molar-refractivity contribution in [2.75, 3.05) is 6.61 Å². The number of hydrogen-bond acceptors (Lipinski definition) is 6. The van der Waals surface area contributed by atoms with E-state index in [0.717, 1.165) is 5.56 Å². The maximum absolute atomic E-state index is 12.6. The zero-order chi connectivity index (χ0) is 23.1. The lowest BCUT2D eigenvalue weighted by Crippen LogP contribution is -2.17. The number of carbonyl (C=O) groups excluding carboxylic acids is 1. The number of ether oxygens (including phenoxy) is 1. The highest BCUT2D eigenvalue weighted by Crippen LogP contribution is 2.31. The molecule has 0 atom stereocenters. The van der Waals surface area contributed by atoms with Gasteiger partial charge in [0.05, 0.1) is 12.8 Å². The Hall–Kier alpha value is -3.36. The van der Waals surface area contributed by atoms with Gasteiger partial charge in [0.2, 0.25) is 0 Å². The Kier molecular flexibility index (Phi) is 7.50. The number of rotatable bonds is 8. The third kappa shape index (κ3) is 6.09. The summed E-state index contributed by atoms with van der Waals surface area (Å²) in [4.78, 5) is 12.2. The molecule has 1 N–H and O–H groups in total. The highest BCUT2D eigenvalue weighted by molar-refractivity contribution is 7.87. The predicted molar refractivity (Wildman–Crippen MR) is 123 cm³/mol. The first kappa shape index (κ1) is 23.3. The van der Waals surface area contributed by atoms with Gasteiger partial charge in [0, 0.05) is 10.6 Å². The number of carbonyl (C=O) groups is 1. The number of hydrogen-bond donors (Lipinski definition) is 1. The maximum Gasteiger partial charge on any atom is 0.339 e. The third-order valence-electron chi connectivity index (χ3n) is 4.24.